The summed E-state index contributed by atoms with van der Waals surface area (Å²) >= 11 is 0. The second kappa shape index (κ2) is 8.83. The van der Waals surface area contributed by atoms with Crippen molar-refractivity contribution in [3.05, 3.63) is 65.2 Å². The number of allylic oxidation sites excluding steroid dienone is 2. The fourth-order valence-electron chi connectivity index (χ4n) is 5.19. The molecule has 160 valence electrons. The molecule has 0 heterocycles. The number of hydrogen-bond acceptors (Lipinski definition) is 1. The SMILES string of the molecule is CCC=CC1CCC2c3cc(F)c(-c4ccc(OC(F)F)cc4)c(F)c3CCC2C1. The predicted molar refractivity (Wildman–Crippen MR) is 110 cm³/mol. The maximum atomic E-state index is 15.4. The van der Waals surface area contributed by atoms with Crippen LogP contribution >= 0.6 is 0 Å². The summed E-state index contributed by atoms with van der Waals surface area (Å²) in [6, 6.07) is 6.96. The highest BCUT2D eigenvalue weighted by Crippen LogP contribution is 2.49. The van der Waals surface area contributed by atoms with Crippen LogP contribution in [0.4, 0.5) is 17.6 Å². The number of alkyl halides is 2. The summed E-state index contributed by atoms with van der Waals surface area (Å²) in [4.78, 5) is 0. The summed E-state index contributed by atoms with van der Waals surface area (Å²) in [5.41, 5.74) is 1.67. The summed E-state index contributed by atoms with van der Waals surface area (Å²) in [6.45, 7) is -0.810. The van der Waals surface area contributed by atoms with Crippen molar-refractivity contribution in [2.75, 3.05) is 0 Å². The molecular formula is C25H26F4O. The van der Waals surface area contributed by atoms with E-state index in [1.807, 2.05) is 0 Å². The van der Waals surface area contributed by atoms with Crippen LogP contribution in [-0.2, 0) is 6.42 Å². The van der Waals surface area contributed by atoms with Crippen molar-refractivity contribution in [1.29, 1.82) is 0 Å². The number of halogens is 4. The lowest BCUT2D eigenvalue weighted by molar-refractivity contribution is -0.0498. The highest BCUT2D eigenvalue weighted by atomic mass is 19.3. The first kappa shape index (κ1) is 21.0. The molecule has 0 saturated heterocycles. The number of fused-ring (bicyclic) bond motifs is 3. The summed E-state index contributed by atoms with van der Waals surface area (Å²) in [7, 11) is 0. The minimum absolute atomic E-state index is 0.0377. The van der Waals surface area contributed by atoms with E-state index in [9.17, 15) is 8.78 Å². The van der Waals surface area contributed by atoms with Crippen LogP contribution in [0.2, 0.25) is 0 Å². The van der Waals surface area contributed by atoms with Gasteiger partial charge in [0.15, 0.2) is 0 Å². The Labute approximate surface area is 174 Å². The van der Waals surface area contributed by atoms with Crippen molar-refractivity contribution in [3.8, 4) is 16.9 Å². The summed E-state index contributed by atoms with van der Waals surface area (Å²) in [5, 5.41) is 0. The topological polar surface area (TPSA) is 9.23 Å². The van der Waals surface area contributed by atoms with Crippen LogP contribution in [0, 0.1) is 23.5 Å². The lowest BCUT2D eigenvalue weighted by Gasteiger charge is -2.40. The van der Waals surface area contributed by atoms with Crippen LogP contribution < -0.4 is 4.74 Å². The van der Waals surface area contributed by atoms with Crippen molar-refractivity contribution in [2.45, 2.75) is 58.0 Å². The minimum atomic E-state index is -2.94. The van der Waals surface area contributed by atoms with Gasteiger partial charge in [-0.15, -0.1) is 0 Å². The lowest BCUT2D eigenvalue weighted by atomic mass is 9.65. The van der Waals surface area contributed by atoms with Gasteiger partial charge in [-0.05, 0) is 91.2 Å². The molecule has 3 unspecified atom stereocenters. The van der Waals surface area contributed by atoms with Gasteiger partial charge in [-0.3, -0.25) is 0 Å². The van der Waals surface area contributed by atoms with Gasteiger partial charge in [0.25, 0.3) is 0 Å². The van der Waals surface area contributed by atoms with Gasteiger partial charge < -0.3 is 4.74 Å². The van der Waals surface area contributed by atoms with Gasteiger partial charge in [0, 0.05) is 0 Å². The standard InChI is InChI=1S/C25H26F4O/c1-2-3-4-15-5-11-19-17(13-15)8-12-20-21(19)14-22(26)23(24(20)27)16-6-9-18(10-7-16)30-25(28)29/h3-4,6-7,9-10,14-15,17,19,25H,2,5,8,11-13H2,1H3. The average molecular weight is 418 g/mol. The van der Waals surface area contributed by atoms with E-state index in [0.717, 1.165) is 37.7 Å². The average Bonchev–Trinajstić information content (AvgIpc) is 2.72. The van der Waals surface area contributed by atoms with Crippen molar-refractivity contribution in [1.82, 2.24) is 0 Å². The van der Waals surface area contributed by atoms with E-state index < -0.39 is 18.2 Å². The molecule has 1 saturated carbocycles. The third kappa shape index (κ3) is 4.12. The van der Waals surface area contributed by atoms with Crippen LogP contribution in [0.1, 0.15) is 56.1 Å². The molecule has 0 amide bonds. The Morgan fingerprint density at radius 1 is 1.10 bits per heavy atom. The molecule has 0 aromatic heterocycles. The summed E-state index contributed by atoms with van der Waals surface area (Å²) < 4.78 is 59.4. The third-order valence-corrected chi connectivity index (χ3v) is 6.55. The molecule has 1 nitrogen and oxygen atoms in total. The van der Waals surface area contributed by atoms with E-state index in [1.54, 1.807) is 0 Å². The Morgan fingerprint density at radius 3 is 2.57 bits per heavy atom. The van der Waals surface area contributed by atoms with Gasteiger partial charge in [-0.1, -0.05) is 31.2 Å². The maximum absolute atomic E-state index is 15.4. The predicted octanol–water partition coefficient (Wildman–Crippen LogP) is 7.65. The Balaban J connectivity index is 1.62. The van der Waals surface area contributed by atoms with Crippen molar-refractivity contribution in [2.24, 2.45) is 11.8 Å². The molecule has 0 radical (unpaired) electrons. The molecule has 0 aliphatic heterocycles. The van der Waals surface area contributed by atoms with Crippen LogP contribution in [0.3, 0.4) is 0 Å². The number of benzene rings is 2. The van der Waals surface area contributed by atoms with E-state index in [4.69, 9.17) is 0 Å². The molecule has 2 aliphatic rings. The summed E-state index contributed by atoms with van der Waals surface area (Å²) in [6.07, 6.45) is 10.1. The molecule has 3 atom stereocenters. The Kier molecular flexibility index (Phi) is 6.16. The highest BCUT2D eigenvalue weighted by Gasteiger charge is 2.37. The number of hydrogen-bond donors (Lipinski definition) is 0. The smallest absolute Gasteiger partial charge is 0.387 e. The van der Waals surface area contributed by atoms with E-state index >= 15 is 8.78 Å². The Hall–Kier alpha value is -2.30. The fourth-order valence-corrected chi connectivity index (χ4v) is 5.19. The quantitative estimate of drug-likeness (QED) is 0.358. The highest BCUT2D eigenvalue weighted by molar-refractivity contribution is 5.68. The van der Waals surface area contributed by atoms with Gasteiger partial charge in [0.05, 0.1) is 5.56 Å². The van der Waals surface area contributed by atoms with Gasteiger partial charge in [-0.2, -0.15) is 8.78 Å². The van der Waals surface area contributed by atoms with E-state index in [1.165, 1.54) is 30.3 Å². The molecule has 1 fully saturated rings. The molecule has 0 spiro atoms. The van der Waals surface area contributed by atoms with Crippen LogP contribution in [0.25, 0.3) is 11.1 Å². The zero-order valence-electron chi connectivity index (χ0n) is 17.0. The second-order valence-electron chi connectivity index (χ2n) is 8.33. The molecule has 2 aromatic carbocycles. The van der Waals surface area contributed by atoms with Crippen molar-refractivity contribution >= 4 is 0 Å². The third-order valence-electron chi connectivity index (χ3n) is 6.55. The largest absolute Gasteiger partial charge is 0.435 e. The molecule has 30 heavy (non-hydrogen) atoms. The maximum Gasteiger partial charge on any atom is 0.387 e. The monoisotopic (exact) mass is 418 g/mol. The molecule has 0 bridgehead atoms. The summed E-state index contributed by atoms with van der Waals surface area (Å²) in [5.74, 6) is 0.0921. The lowest BCUT2D eigenvalue weighted by Crippen LogP contribution is -2.28. The second-order valence-corrected chi connectivity index (χ2v) is 8.33. The molecular weight excluding hydrogens is 392 g/mol. The first-order valence-corrected chi connectivity index (χ1v) is 10.7. The van der Waals surface area contributed by atoms with Gasteiger partial charge >= 0.3 is 6.61 Å². The van der Waals surface area contributed by atoms with Crippen LogP contribution in [0.5, 0.6) is 5.75 Å². The Bertz CT molecular complexity index is 920. The molecule has 0 N–H and O–H groups in total. The first-order chi connectivity index (χ1) is 14.5. The molecule has 2 aromatic rings. The van der Waals surface area contributed by atoms with Gasteiger partial charge in [-0.25, -0.2) is 8.78 Å². The minimum Gasteiger partial charge on any atom is -0.435 e. The fraction of sp³-hybridized carbons (Fsp3) is 0.440. The van der Waals surface area contributed by atoms with Crippen LogP contribution in [-0.4, -0.2) is 6.61 Å². The van der Waals surface area contributed by atoms with Crippen molar-refractivity contribution < 1.29 is 22.3 Å². The van der Waals surface area contributed by atoms with Gasteiger partial charge in [0.1, 0.15) is 17.4 Å². The number of ether oxygens (including phenoxy) is 1. The molecule has 2 aliphatic carbocycles. The van der Waals surface area contributed by atoms with Gasteiger partial charge in [0.2, 0.25) is 0 Å². The molecule has 5 heteroatoms. The van der Waals surface area contributed by atoms with E-state index in [2.05, 4.69) is 23.8 Å². The Morgan fingerprint density at radius 2 is 1.87 bits per heavy atom. The molecule has 4 rings (SSSR count). The zero-order chi connectivity index (χ0) is 21.3. The van der Waals surface area contributed by atoms with Crippen LogP contribution in [0.15, 0.2) is 42.5 Å². The number of rotatable bonds is 5. The zero-order valence-corrected chi connectivity index (χ0v) is 17.0. The normalized spacial score (nSPS) is 23.5. The van der Waals surface area contributed by atoms with E-state index in [-0.39, 0.29) is 17.2 Å². The van der Waals surface area contributed by atoms with Crippen molar-refractivity contribution in [3.63, 3.8) is 0 Å². The van der Waals surface area contributed by atoms with E-state index in [0.29, 0.717) is 29.4 Å². The first-order valence-electron chi connectivity index (χ1n) is 10.7.